The van der Waals surface area contributed by atoms with Crippen LogP contribution in [0.2, 0.25) is 0 Å². The zero-order valence-corrected chi connectivity index (χ0v) is 14.4. The van der Waals surface area contributed by atoms with Gasteiger partial charge in [0.1, 0.15) is 6.61 Å². The van der Waals surface area contributed by atoms with Crippen molar-refractivity contribution in [2.45, 2.75) is 0 Å². The molecular formula is C19H20N4O3. The average molecular weight is 352 g/mol. The number of ether oxygens (including phenoxy) is 2. The minimum Gasteiger partial charge on any atom is -0.475 e. The number of carbonyl (C=O) groups excluding carboxylic acids is 1. The Morgan fingerprint density at radius 3 is 2.77 bits per heavy atom. The molecule has 0 aliphatic carbocycles. The molecule has 1 saturated heterocycles. The molecule has 1 aromatic carbocycles. The molecule has 0 atom stereocenters. The summed E-state index contributed by atoms with van der Waals surface area (Å²) in [5.74, 6) is 0.367. The smallest absolute Gasteiger partial charge is 0.259 e. The van der Waals surface area contributed by atoms with Crippen LogP contribution in [-0.4, -0.2) is 56.2 Å². The van der Waals surface area contributed by atoms with Crippen LogP contribution in [0.4, 0.5) is 11.4 Å². The zero-order chi connectivity index (χ0) is 17.8. The standard InChI is InChI=1S/C19H20N4O3/c24-18(15-13-20-6-5-17(15)23-8-11-25-12-9-23)22-16-4-2-1-3-14(16)19-21-7-10-26-19/h1-6,13H,7-12H2,(H,22,24). The maximum Gasteiger partial charge on any atom is 0.259 e. The van der Waals surface area contributed by atoms with Crippen LogP contribution in [0.3, 0.4) is 0 Å². The Hall–Kier alpha value is -2.93. The van der Waals surface area contributed by atoms with Gasteiger partial charge in [-0.05, 0) is 18.2 Å². The highest BCUT2D eigenvalue weighted by atomic mass is 16.5. The van der Waals surface area contributed by atoms with Gasteiger partial charge in [0.15, 0.2) is 0 Å². The lowest BCUT2D eigenvalue weighted by atomic mass is 10.1. The lowest BCUT2D eigenvalue weighted by Gasteiger charge is -2.30. The van der Waals surface area contributed by atoms with Crippen LogP contribution in [0.25, 0.3) is 0 Å². The lowest BCUT2D eigenvalue weighted by Crippen LogP contribution is -2.37. The molecule has 1 amide bonds. The van der Waals surface area contributed by atoms with E-state index < -0.39 is 0 Å². The number of anilines is 2. The summed E-state index contributed by atoms with van der Waals surface area (Å²) in [5.41, 5.74) is 2.87. The monoisotopic (exact) mass is 352 g/mol. The molecule has 0 unspecified atom stereocenters. The van der Waals surface area contributed by atoms with Gasteiger partial charge in [-0.15, -0.1) is 0 Å². The molecule has 0 spiro atoms. The number of rotatable bonds is 4. The van der Waals surface area contributed by atoms with Crippen molar-refractivity contribution < 1.29 is 14.3 Å². The van der Waals surface area contributed by atoms with E-state index in [1.54, 1.807) is 12.4 Å². The van der Waals surface area contributed by atoms with Gasteiger partial charge in [-0.3, -0.25) is 9.78 Å². The van der Waals surface area contributed by atoms with Gasteiger partial charge < -0.3 is 19.7 Å². The Labute approximate surface area is 151 Å². The second-order valence-corrected chi connectivity index (χ2v) is 6.03. The van der Waals surface area contributed by atoms with E-state index in [1.165, 1.54) is 0 Å². The number of aliphatic imine (C=N–C) groups is 1. The second kappa shape index (κ2) is 7.53. The normalized spacial score (nSPS) is 16.8. The molecule has 0 radical (unpaired) electrons. The van der Waals surface area contributed by atoms with Gasteiger partial charge in [-0.25, -0.2) is 4.99 Å². The number of morpholine rings is 1. The fourth-order valence-electron chi connectivity index (χ4n) is 3.11. The van der Waals surface area contributed by atoms with Crippen molar-refractivity contribution in [3.8, 4) is 0 Å². The minimum absolute atomic E-state index is 0.203. The highest BCUT2D eigenvalue weighted by Gasteiger charge is 2.21. The molecule has 0 bridgehead atoms. The maximum atomic E-state index is 13.0. The summed E-state index contributed by atoms with van der Waals surface area (Å²) in [5, 5.41) is 2.99. The van der Waals surface area contributed by atoms with Crippen LogP contribution in [0.1, 0.15) is 15.9 Å². The third kappa shape index (κ3) is 3.39. The van der Waals surface area contributed by atoms with Gasteiger partial charge in [0.05, 0.1) is 42.3 Å². The van der Waals surface area contributed by atoms with Gasteiger partial charge in [0.25, 0.3) is 5.91 Å². The van der Waals surface area contributed by atoms with Crippen molar-refractivity contribution in [1.29, 1.82) is 0 Å². The summed E-state index contributed by atoms with van der Waals surface area (Å²) in [6, 6.07) is 9.39. The molecule has 1 fully saturated rings. The van der Waals surface area contributed by atoms with E-state index >= 15 is 0 Å². The molecule has 2 aliphatic rings. The molecule has 1 aromatic heterocycles. The maximum absolute atomic E-state index is 13.0. The highest BCUT2D eigenvalue weighted by molar-refractivity contribution is 6.11. The van der Waals surface area contributed by atoms with E-state index in [0.717, 1.165) is 24.3 Å². The first kappa shape index (κ1) is 16.5. The fourth-order valence-corrected chi connectivity index (χ4v) is 3.11. The van der Waals surface area contributed by atoms with Gasteiger partial charge in [-0.2, -0.15) is 0 Å². The summed E-state index contributed by atoms with van der Waals surface area (Å²) >= 11 is 0. The van der Waals surface area contributed by atoms with Crippen LogP contribution < -0.4 is 10.2 Å². The topological polar surface area (TPSA) is 76.0 Å². The van der Waals surface area contributed by atoms with Gasteiger partial charge in [0.2, 0.25) is 5.90 Å². The van der Waals surface area contributed by atoms with Crippen LogP contribution in [0.5, 0.6) is 0 Å². The zero-order valence-electron chi connectivity index (χ0n) is 14.4. The fraction of sp³-hybridized carbons (Fsp3) is 0.316. The summed E-state index contributed by atoms with van der Waals surface area (Å²) in [7, 11) is 0. The number of aromatic nitrogens is 1. The van der Waals surface area contributed by atoms with Crippen molar-refractivity contribution in [3.05, 3.63) is 53.9 Å². The number of carbonyl (C=O) groups is 1. The Morgan fingerprint density at radius 2 is 1.96 bits per heavy atom. The van der Waals surface area contributed by atoms with E-state index in [9.17, 15) is 4.79 Å². The van der Waals surface area contributed by atoms with Crippen molar-refractivity contribution >= 4 is 23.2 Å². The molecule has 3 heterocycles. The molecule has 2 aromatic rings. The molecule has 2 aliphatic heterocycles. The predicted octanol–water partition coefficient (Wildman–Crippen LogP) is 1.95. The second-order valence-electron chi connectivity index (χ2n) is 6.03. The number of nitrogens with zero attached hydrogens (tertiary/aromatic N) is 3. The van der Waals surface area contributed by atoms with E-state index in [1.807, 2.05) is 30.3 Å². The third-order valence-electron chi connectivity index (χ3n) is 4.39. The SMILES string of the molecule is O=C(Nc1ccccc1C1=NCCO1)c1cnccc1N1CCOCC1. The van der Waals surface area contributed by atoms with Crippen LogP contribution in [0.15, 0.2) is 47.7 Å². The van der Waals surface area contributed by atoms with Crippen molar-refractivity contribution in [3.63, 3.8) is 0 Å². The average Bonchev–Trinajstić information content (AvgIpc) is 3.24. The Bertz CT molecular complexity index is 831. The van der Waals surface area contributed by atoms with E-state index in [2.05, 4.69) is 20.2 Å². The summed E-state index contributed by atoms with van der Waals surface area (Å²) in [4.78, 5) is 23.6. The molecule has 26 heavy (non-hydrogen) atoms. The Morgan fingerprint density at radius 1 is 1.12 bits per heavy atom. The summed E-state index contributed by atoms with van der Waals surface area (Å²) < 4.78 is 11.0. The molecule has 1 N–H and O–H groups in total. The van der Waals surface area contributed by atoms with Gasteiger partial charge in [-0.1, -0.05) is 12.1 Å². The Balaban J connectivity index is 1.60. The van der Waals surface area contributed by atoms with Crippen LogP contribution in [-0.2, 0) is 9.47 Å². The number of para-hydroxylation sites is 1. The number of hydrogen-bond acceptors (Lipinski definition) is 6. The summed E-state index contributed by atoms with van der Waals surface area (Å²) in [6.45, 7) is 4.03. The summed E-state index contributed by atoms with van der Waals surface area (Å²) in [6.07, 6.45) is 3.31. The third-order valence-corrected chi connectivity index (χ3v) is 4.39. The van der Waals surface area contributed by atoms with Crippen molar-refractivity contribution in [2.24, 2.45) is 4.99 Å². The number of amides is 1. The number of nitrogens with one attached hydrogen (secondary N) is 1. The van der Waals surface area contributed by atoms with Crippen LogP contribution in [0, 0.1) is 0 Å². The first-order valence-electron chi connectivity index (χ1n) is 8.67. The minimum atomic E-state index is -0.203. The quantitative estimate of drug-likeness (QED) is 0.910. The van der Waals surface area contributed by atoms with Gasteiger partial charge >= 0.3 is 0 Å². The predicted molar refractivity (Wildman–Crippen MR) is 99.0 cm³/mol. The molecule has 7 nitrogen and oxygen atoms in total. The molecule has 0 saturated carbocycles. The van der Waals surface area contributed by atoms with E-state index in [-0.39, 0.29) is 5.91 Å². The lowest BCUT2D eigenvalue weighted by molar-refractivity contribution is 0.102. The Kier molecular flexibility index (Phi) is 4.79. The van der Waals surface area contributed by atoms with E-state index in [0.29, 0.717) is 43.5 Å². The van der Waals surface area contributed by atoms with Gasteiger partial charge in [0, 0.05) is 25.5 Å². The highest BCUT2D eigenvalue weighted by Crippen LogP contribution is 2.24. The van der Waals surface area contributed by atoms with Crippen molar-refractivity contribution in [1.82, 2.24) is 4.98 Å². The van der Waals surface area contributed by atoms with Crippen molar-refractivity contribution in [2.75, 3.05) is 49.7 Å². The molecular weight excluding hydrogens is 332 g/mol. The molecule has 134 valence electrons. The molecule has 7 heteroatoms. The number of hydrogen-bond donors (Lipinski definition) is 1. The largest absolute Gasteiger partial charge is 0.475 e. The molecule has 4 rings (SSSR count). The first-order valence-corrected chi connectivity index (χ1v) is 8.67. The number of benzene rings is 1. The van der Waals surface area contributed by atoms with Crippen LogP contribution >= 0.6 is 0 Å². The first-order chi connectivity index (χ1) is 12.8. The number of pyridine rings is 1. The van der Waals surface area contributed by atoms with E-state index in [4.69, 9.17) is 9.47 Å².